The zero-order chi connectivity index (χ0) is 9.69. The summed E-state index contributed by atoms with van der Waals surface area (Å²) in [5.41, 5.74) is 0.350. The zero-order valence-corrected chi connectivity index (χ0v) is 10.0. The molecule has 76 valence electrons. The molecule has 0 spiro atoms. The maximum Gasteiger partial charge on any atom is 0.0678 e. The van der Waals surface area contributed by atoms with Crippen LogP contribution in [0.5, 0.6) is 0 Å². The van der Waals surface area contributed by atoms with Crippen molar-refractivity contribution >= 4 is 11.8 Å². The molecule has 1 aliphatic heterocycles. The van der Waals surface area contributed by atoms with Crippen molar-refractivity contribution in [1.29, 1.82) is 0 Å². The fourth-order valence-electron chi connectivity index (χ4n) is 2.58. The quantitative estimate of drug-likeness (QED) is 0.734. The smallest absolute Gasteiger partial charge is 0.0678 e. The first-order valence-corrected chi connectivity index (χ1v) is 6.41. The lowest BCUT2D eigenvalue weighted by Gasteiger charge is -2.31. The maximum atomic E-state index is 3.85. The molecule has 2 rings (SSSR count). The molecule has 0 bridgehead atoms. The van der Waals surface area contributed by atoms with Crippen molar-refractivity contribution in [3.63, 3.8) is 0 Å². The van der Waals surface area contributed by atoms with E-state index in [1.54, 1.807) is 0 Å². The van der Waals surface area contributed by atoms with Gasteiger partial charge >= 0.3 is 0 Å². The van der Waals surface area contributed by atoms with E-state index in [9.17, 15) is 0 Å². The molecule has 0 aromatic heterocycles. The second kappa shape index (κ2) is 2.90. The van der Waals surface area contributed by atoms with E-state index in [2.05, 4.69) is 44.8 Å². The van der Waals surface area contributed by atoms with Crippen LogP contribution in [0.2, 0.25) is 0 Å². The summed E-state index contributed by atoms with van der Waals surface area (Å²) >= 11 is 2.16. The average molecular weight is 199 g/mol. The van der Waals surface area contributed by atoms with Crippen molar-refractivity contribution in [2.24, 2.45) is 11.8 Å². The van der Waals surface area contributed by atoms with Crippen molar-refractivity contribution in [2.75, 3.05) is 5.75 Å². The van der Waals surface area contributed by atoms with Gasteiger partial charge in [0.1, 0.15) is 0 Å². The van der Waals surface area contributed by atoms with Gasteiger partial charge < -0.3 is 0 Å². The molecule has 0 aromatic carbocycles. The van der Waals surface area contributed by atoms with Crippen LogP contribution < -0.4 is 5.32 Å². The first-order chi connectivity index (χ1) is 5.99. The van der Waals surface area contributed by atoms with Gasteiger partial charge in [-0.3, -0.25) is 5.32 Å². The molecule has 1 saturated heterocycles. The second-order valence-electron chi connectivity index (χ2n) is 5.36. The Kier molecular flexibility index (Phi) is 2.20. The molecule has 1 saturated carbocycles. The Bertz CT molecular complexity index is 214. The Morgan fingerprint density at radius 1 is 1.46 bits per heavy atom. The van der Waals surface area contributed by atoms with Gasteiger partial charge in [-0.15, -0.1) is 11.8 Å². The highest BCUT2D eigenvalue weighted by atomic mass is 32.2. The topological polar surface area (TPSA) is 12.0 Å². The largest absolute Gasteiger partial charge is 0.297 e. The van der Waals surface area contributed by atoms with E-state index in [0.717, 1.165) is 11.8 Å². The third-order valence-corrected chi connectivity index (χ3v) is 5.55. The molecule has 2 aliphatic rings. The number of hydrogen-bond acceptors (Lipinski definition) is 2. The highest BCUT2D eigenvalue weighted by Crippen LogP contribution is 2.55. The summed E-state index contributed by atoms with van der Waals surface area (Å²) in [7, 11) is 0. The molecule has 0 radical (unpaired) electrons. The molecule has 3 unspecified atom stereocenters. The summed E-state index contributed by atoms with van der Waals surface area (Å²) in [5, 5.41) is 3.85. The minimum Gasteiger partial charge on any atom is -0.297 e. The van der Waals surface area contributed by atoms with Crippen LogP contribution in [0.1, 0.15) is 40.5 Å². The van der Waals surface area contributed by atoms with E-state index in [1.165, 1.54) is 18.6 Å². The lowest BCUT2D eigenvalue weighted by Crippen LogP contribution is -2.48. The number of hydrogen-bond donors (Lipinski definition) is 1. The normalized spacial score (nSPS) is 48.0. The third kappa shape index (κ3) is 1.63. The molecule has 2 heteroatoms. The molecule has 1 aliphatic carbocycles. The van der Waals surface area contributed by atoms with Gasteiger partial charge in [0.2, 0.25) is 0 Å². The van der Waals surface area contributed by atoms with Gasteiger partial charge in [-0.25, -0.2) is 0 Å². The Morgan fingerprint density at radius 2 is 2.08 bits per heavy atom. The number of rotatable bonds is 2. The first-order valence-electron chi connectivity index (χ1n) is 5.42. The lowest BCUT2D eigenvalue weighted by atomic mass is 10.0. The molecule has 1 nitrogen and oxygen atoms in total. The van der Waals surface area contributed by atoms with Crippen LogP contribution in [-0.2, 0) is 0 Å². The summed E-state index contributed by atoms with van der Waals surface area (Å²) in [6, 6.07) is 0. The van der Waals surface area contributed by atoms with Crippen LogP contribution in [0.4, 0.5) is 0 Å². The molecule has 1 heterocycles. The van der Waals surface area contributed by atoms with E-state index < -0.39 is 0 Å². The van der Waals surface area contributed by atoms with E-state index in [-0.39, 0.29) is 0 Å². The van der Waals surface area contributed by atoms with Crippen LogP contribution in [0.15, 0.2) is 0 Å². The Labute approximate surface area is 86.0 Å². The lowest BCUT2D eigenvalue weighted by molar-refractivity contribution is 0.320. The van der Waals surface area contributed by atoms with Crippen LogP contribution in [0.25, 0.3) is 0 Å². The standard InChI is InChI=1S/C11H21NS/c1-5-11(9-6-8(9)2)12-10(3,4)7-13-11/h8-9,12H,5-7H2,1-4H3. The summed E-state index contributed by atoms with van der Waals surface area (Å²) in [6.07, 6.45) is 2.71. The number of nitrogens with one attached hydrogen (secondary N) is 1. The van der Waals surface area contributed by atoms with Crippen molar-refractivity contribution < 1.29 is 0 Å². The van der Waals surface area contributed by atoms with Gasteiger partial charge in [-0.2, -0.15) is 0 Å². The van der Waals surface area contributed by atoms with E-state index in [0.29, 0.717) is 10.4 Å². The SMILES string of the molecule is CCC1(C2CC2C)NC(C)(C)CS1. The van der Waals surface area contributed by atoms with Gasteiger partial charge in [0.25, 0.3) is 0 Å². The Balaban J connectivity index is 2.10. The van der Waals surface area contributed by atoms with Gasteiger partial charge in [0, 0.05) is 11.3 Å². The summed E-state index contributed by atoms with van der Waals surface area (Å²) in [4.78, 5) is 0.420. The van der Waals surface area contributed by atoms with Gasteiger partial charge in [-0.1, -0.05) is 13.8 Å². The van der Waals surface area contributed by atoms with Crippen LogP contribution in [0, 0.1) is 11.8 Å². The molecule has 13 heavy (non-hydrogen) atoms. The minimum atomic E-state index is 0.350. The van der Waals surface area contributed by atoms with E-state index in [4.69, 9.17) is 0 Å². The Hall–Kier alpha value is 0.310. The number of thioether (sulfide) groups is 1. The fraction of sp³-hybridized carbons (Fsp3) is 1.00. The molecule has 3 atom stereocenters. The molecule has 0 aromatic rings. The predicted octanol–water partition coefficient (Wildman–Crippen LogP) is 2.86. The van der Waals surface area contributed by atoms with Crippen molar-refractivity contribution in [3.05, 3.63) is 0 Å². The maximum absolute atomic E-state index is 3.85. The molecular formula is C11H21NS. The highest BCUT2D eigenvalue weighted by molar-refractivity contribution is 8.01. The van der Waals surface area contributed by atoms with Crippen molar-refractivity contribution in [3.8, 4) is 0 Å². The minimum absolute atomic E-state index is 0.350. The molecule has 1 N–H and O–H groups in total. The summed E-state index contributed by atoms with van der Waals surface area (Å²) in [6.45, 7) is 9.36. The molecular weight excluding hydrogens is 178 g/mol. The fourth-order valence-corrected chi connectivity index (χ4v) is 4.36. The van der Waals surface area contributed by atoms with Crippen molar-refractivity contribution in [2.45, 2.75) is 50.9 Å². The van der Waals surface area contributed by atoms with E-state index >= 15 is 0 Å². The van der Waals surface area contributed by atoms with Gasteiger partial charge in [0.05, 0.1) is 4.87 Å². The average Bonchev–Trinajstić information content (AvgIpc) is 2.68. The monoisotopic (exact) mass is 199 g/mol. The predicted molar refractivity (Wildman–Crippen MR) is 60.0 cm³/mol. The highest BCUT2D eigenvalue weighted by Gasteiger charge is 2.54. The summed E-state index contributed by atoms with van der Waals surface area (Å²) < 4.78 is 0. The van der Waals surface area contributed by atoms with Gasteiger partial charge in [0.15, 0.2) is 0 Å². The van der Waals surface area contributed by atoms with E-state index in [1.807, 2.05) is 0 Å². The van der Waals surface area contributed by atoms with Crippen LogP contribution in [0.3, 0.4) is 0 Å². The Morgan fingerprint density at radius 3 is 2.38 bits per heavy atom. The van der Waals surface area contributed by atoms with Gasteiger partial charge in [-0.05, 0) is 38.5 Å². The van der Waals surface area contributed by atoms with Crippen LogP contribution in [-0.4, -0.2) is 16.2 Å². The summed E-state index contributed by atoms with van der Waals surface area (Å²) in [5.74, 6) is 3.16. The second-order valence-corrected chi connectivity index (χ2v) is 6.67. The molecule has 2 fully saturated rings. The third-order valence-electron chi connectivity index (χ3n) is 3.47. The van der Waals surface area contributed by atoms with Crippen LogP contribution >= 0.6 is 11.8 Å². The zero-order valence-electron chi connectivity index (χ0n) is 9.18. The molecule has 0 amide bonds. The van der Waals surface area contributed by atoms with Crippen molar-refractivity contribution in [1.82, 2.24) is 5.32 Å². The first kappa shape index (κ1) is 9.85.